The van der Waals surface area contributed by atoms with Gasteiger partial charge in [-0.15, -0.1) is 15.0 Å². The quantitative estimate of drug-likeness (QED) is 0.258. The zero-order valence-electron chi connectivity index (χ0n) is 20.6. The van der Waals surface area contributed by atoms with Crippen molar-refractivity contribution in [2.75, 3.05) is 14.2 Å². The van der Waals surface area contributed by atoms with Crippen LogP contribution in [0.1, 0.15) is 45.0 Å². The van der Waals surface area contributed by atoms with Gasteiger partial charge in [-0.25, -0.2) is 9.59 Å². The maximum Gasteiger partial charge on any atom is 0.337 e. The van der Waals surface area contributed by atoms with Gasteiger partial charge >= 0.3 is 30.0 Å². The van der Waals surface area contributed by atoms with Gasteiger partial charge in [0.1, 0.15) is 17.2 Å². The van der Waals surface area contributed by atoms with Gasteiger partial charge in [0.25, 0.3) is 0 Å². The van der Waals surface area contributed by atoms with Gasteiger partial charge in [-0.3, -0.25) is 0 Å². The molecule has 0 amide bonds. The van der Waals surface area contributed by atoms with Crippen molar-refractivity contribution in [1.82, 2.24) is 15.0 Å². The first kappa shape index (κ1) is 24.7. The number of hydrogen-bond acceptors (Lipinski definition) is 10. The third kappa shape index (κ3) is 6.04. The van der Waals surface area contributed by atoms with Crippen LogP contribution in [0.2, 0.25) is 0 Å². The summed E-state index contributed by atoms with van der Waals surface area (Å²) < 4.78 is 27.0. The summed E-state index contributed by atoms with van der Waals surface area (Å²) in [5, 5.41) is 0. The van der Waals surface area contributed by atoms with E-state index in [0.29, 0.717) is 34.3 Å². The summed E-state index contributed by atoms with van der Waals surface area (Å²) in [4.78, 5) is 36.2. The lowest BCUT2D eigenvalue weighted by atomic mass is 10.1. The first-order valence-corrected chi connectivity index (χ1v) is 11.8. The van der Waals surface area contributed by atoms with Crippen LogP contribution in [0, 0.1) is 0 Å². The summed E-state index contributed by atoms with van der Waals surface area (Å²) in [6.45, 7) is 0. The summed E-state index contributed by atoms with van der Waals surface area (Å²) in [6.07, 6.45) is 2.32. The molecule has 192 valence electrons. The molecule has 1 aliphatic carbocycles. The molecule has 1 aliphatic rings. The minimum Gasteiger partial charge on any atom is -0.465 e. The van der Waals surface area contributed by atoms with Crippen molar-refractivity contribution in [1.29, 1.82) is 0 Å². The molecule has 0 unspecified atom stereocenters. The van der Waals surface area contributed by atoms with Crippen LogP contribution in [0.15, 0.2) is 72.8 Å². The molecule has 0 aliphatic heterocycles. The van der Waals surface area contributed by atoms with Crippen LogP contribution in [0.5, 0.6) is 35.3 Å². The van der Waals surface area contributed by atoms with Crippen molar-refractivity contribution >= 4 is 11.9 Å². The number of esters is 2. The van der Waals surface area contributed by atoms with Gasteiger partial charge in [0, 0.05) is 0 Å². The number of aromatic nitrogens is 3. The van der Waals surface area contributed by atoms with E-state index in [9.17, 15) is 9.59 Å². The second-order valence-corrected chi connectivity index (χ2v) is 8.37. The molecule has 0 bridgehead atoms. The van der Waals surface area contributed by atoms with E-state index in [0.717, 1.165) is 12.8 Å². The van der Waals surface area contributed by atoms with Gasteiger partial charge in [0.15, 0.2) is 0 Å². The van der Waals surface area contributed by atoms with Crippen molar-refractivity contribution in [3.05, 3.63) is 89.5 Å². The Morgan fingerprint density at radius 1 is 0.632 bits per heavy atom. The van der Waals surface area contributed by atoms with E-state index in [1.54, 1.807) is 48.5 Å². The smallest absolute Gasteiger partial charge is 0.337 e. The molecule has 38 heavy (non-hydrogen) atoms. The van der Waals surface area contributed by atoms with Crippen LogP contribution in [0.25, 0.3) is 0 Å². The Balaban J connectivity index is 1.41. The Kier molecular flexibility index (Phi) is 7.12. The highest BCUT2D eigenvalue weighted by atomic mass is 16.5. The Bertz CT molecular complexity index is 1370. The third-order valence-electron chi connectivity index (χ3n) is 5.66. The first-order chi connectivity index (χ1) is 18.5. The van der Waals surface area contributed by atoms with Gasteiger partial charge < -0.3 is 23.7 Å². The Labute approximate surface area is 218 Å². The SMILES string of the molecule is COC(=O)c1ccc(Oc2nc(Oc3ccc(C(=O)OC)cc3)nc(Oc3cccc(C4CC4)c3)n2)cc1. The topological polar surface area (TPSA) is 119 Å². The lowest BCUT2D eigenvalue weighted by Gasteiger charge is -2.10. The molecule has 10 heteroatoms. The standard InChI is InChI=1S/C28H23N3O7/c1-34-24(32)18-8-12-21(13-9-18)36-26-29-27(37-22-14-10-19(11-15-22)25(33)35-2)31-28(30-26)38-23-5-3-4-20(16-23)17-6-7-17/h3-5,8-17H,6-7H2,1-2H3. The fourth-order valence-corrected chi connectivity index (χ4v) is 3.58. The van der Waals surface area contributed by atoms with Crippen LogP contribution >= 0.6 is 0 Å². The van der Waals surface area contributed by atoms with E-state index in [1.165, 1.54) is 19.8 Å². The highest BCUT2D eigenvalue weighted by molar-refractivity contribution is 5.89. The number of hydrogen-bond donors (Lipinski definition) is 0. The number of ether oxygens (including phenoxy) is 5. The third-order valence-corrected chi connectivity index (χ3v) is 5.66. The van der Waals surface area contributed by atoms with E-state index in [1.807, 2.05) is 18.2 Å². The molecule has 0 radical (unpaired) electrons. The molecule has 4 aromatic rings. The van der Waals surface area contributed by atoms with E-state index < -0.39 is 11.9 Å². The summed E-state index contributed by atoms with van der Waals surface area (Å²) in [5.41, 5.74) is 1.94. The Hall–Kier alpha value is -4.99. The number of carbonyl (C=O) groups excluding carboxylic acids is 2. The second kappa shape index (κ2) is 11.0. The predicted molar refractivity (Wildman–Crippen MR) is 134 cm³/mol. The molecule has 10 nitrogen and oxygen atoms in total. The number of nitrogens with zero attached hydrogens (tertiary/aromatic N) is 3. The van der Waals surface area contributed by atoms with Crippen molar-refractivity contribution in [2.24, 2.45) is 0 Å². The Morgan fingerprint density at radius 3 is 1.50 bits per heavy atom. The largest absolute Gasteiger partial charge is 0.465 e. The molecular weight excluding hydrogens is 490 g/mol. The predicted octanol–water partition coefficient (Wildman–Crippen LogP) is 5.70. The summed E-state index contributed by atoms with van der Waals surface area (Å²) >= 11 is 0. The van der Waals surface area contributed by atoms with Gasteiger partial charge in [0.2, 0.25) is 0 Å². The van der Waals surface area contributed by atoms with Crippen LogP contribution in [0.4, 0.5) is 0 Å². The van der Waals surface area contributed by atoms with E-state index in [4.69, 9.17) is 23.7 Å². The van der Waals surface area contributed by atoms with E-state index in [2.05, 4.69) is 21.0 Å². The summed E-state index contributed by atoms with van der Waals surface area (Å²) in [6, 6.07) is 20.1. The van der Waals surface area contributed by atoms with Crippen molar-refractivity contribution in [2.45, 2.75) is 18.8 Å². The summed E-state index contributed by atoms with van der Waals surface area (Å²) in [7, 11) is 2.62. The number of carbonyl (C=O) groups is 2. The van der Waals surface area contributed by atoms with Crippen LogP contribution in [0.3, 0.4) is 0 Å². The minimum atomic E-state index is -0.463. The first-order valence-electron chi connectivity index (χ1n) is 11.8. The molecule has 3 aromatic carbocycles. The molecule has 0 N–H and O–H groups in total. The molecule has 5 rings (SSSR count). The highest BCUT2D eigenvalue weighted by Crippen LogP contribution is 2.41. The number of rotatable bonds is 9. The zero-order chi connectivity index (χ0) is 26.5. The van der Waals surface area contributed by atoms with E-state index >= 15 is 0 Å². The van der Waals surface area contributed by atoms with Gasteiger partial charge in [-0.05, 0) is 85.0 Å². The van der Waals surface area contributed by atoms with E-state index in [-0.39, 0.29) is 18.0 Å². The van der Waals surface area contributed by atoms with Crippen molar-refractivity contribution in [3.8, 4) is 35.3 Å². The molecule has 1 aromatic heterocycles. The molecule has 1 heterocycles. The number of methoxy groups -OCH3 is 2. The zero-order valence-corrected chi connectivity index (χ0v) is 20.6. The van der Waals surface area contributed by atoms with Gasteiger partial charge in [0.05, 0.1) is 25.3 Å². The van der Waals surface area contributed by atoms with Crippen LogP contribution < -0.4 is 14.2 Å². The molecule has 1 fully saturated rings. The van der Waals surface area contributed by atoms with Gasteiger partial charge in [-0.1, -0.05) is 12.1 Å². The van der Waals surface area contributed by atoms with Crippen molar-refractivity contribution in [3.63, 3.8) is 0 Å². The fraction of sp³-hybridized carbons (Fsp3) is 0.179. The minimum absolute atomic E-state index is 0.0321. The maximum absolute atomic E-state index is 11.7. The van der Waals surface area contributed by atoms with Crippen molar-refractivity contribution < 1.29 is 33.3 Å². The van der Waals surface area contributed by atoms with Crippen LogP contribution in [-0.4, -0.2) is 41.1 Å². The highest BCUT2D eigenvalue weighted by Gasteiger charge is 2.24. The molecule has 0 atom stereocenters. The maximum atomic E-state index is 11.7. The van der Waals surface area contributed by atoms with Crippen LogP contribution in [-0.2, 0) is 9.47 Å². The van der Waals surface area contributed by atoms with Gasteiger partial charge in [-0.2, -0.15) is 0 Å². The fourth-order valence-electron chi connectivity index (χ4n) is 3.58. The molecule has 1 saturated carbocycles. The average molecular weight is 514 g/mol. The number of benzene rings is 3. The molecular formula is C28H23N3O7. The monoisotopic (exact) mass is 513 g/mol. The summed E-state index contributed by atoms with van der Waals surface area (Å²) in [5.74, 6) is 0.945. The second-order valence-electron chi connectivity index (χ2n) is 8.37. The Morgan fingerprint density at radius 2 is 1.08 bits per heavy atom. The lowest BCUT2D eigenvalue weighted by molar-refractivity contribution is 0.0592. The average Bonchev–Trinajstić information content (AvgIpc) is 3.79. The lowest BCUT2D eigenvalue weighted by Crippen LogP contribution is -2.03. The molecule has 0 spiro atoms. The normalized spacial score (nSPS) is 12.4. The molecule has 0 saturated heterocycles.